The SMILES string of the molecule is CC.CC(C)CCN1C[C@@H]2C[C@H]3[C@@H]4C[C@H](F)C5=CC(=O)C=C[C@]5(C)[C@@]4(F)[C@@H](O)C[C@]3(C)[C@]2(C(=O)O)C1. The van der Waals surface area contributed by atoms with Crippen molar-refractivity contribution in [2.75, 3.05) is 19.6 Å². The van der Waals surface area contributed by atoms with Gasteiger partial charge in [-0.05, 0) is 80.0 Å². The van der Waals surface area contributed by atoms with Gasteiger partial charge in [0, 0.05) is 24.4 Å². The van der Waals surface area contributed by atoms with Crippen molar-refractivity contribution in [1.82, 2.24) is 4.90 Å². The average molecular weight is 508 g/mol. The number of likely N-dealkylation sites (tertiary alicyclic amines) is 1. The van der Waals surface area contributed by atoms with Gasteiger partial charge in [-0.2, -0.15) is 0 Å². The lowest BCUT2D eigenvalue weighted by Gasteiger charge is -2.63. The van der Waals surface area contributed by atoms with Crippen LogP contribution in [0.25, 0.3) is 0 Å². The van der Waals surface area contributed by atoms with Crippen molar-refractivity contribution >= 4 is 11.8 Å². The van der Waals surface area contributed by atoms with E-state index in [2.05, 4.69) is 18.7 Å². The Kier molecular flexibility index (Phi) is 6.86. The number of ketones is 1. The van der Waals surface area contributed by atoms with E-state index in [1.54, 1.807) is 6.92 Å². The maximum atomic E-state index is 17.3. The molecule has 0 radical (unpaired) electrons. The topological polar surface area (TPSA) is 77.8 Å². The van der Waals surface area contributed by atoms with Crippen LogP contribution in [0.4, 0.5) is 8.78 Å². The summed E-state index contributed by atoms with van der Waals surface area (Å²) >= 11 is 0. The number of aliphatic carboxylic acids is 1. The van der Waals surface area contributed by atoms with Gasteiger partial charge in [-0.15, -0.1) is 0 Å². The van der Waals surface area contributed by atoms with E-state index < -0.39 is 46.1 Å². The third-order valence-corrected chi connectivity index (χ3v) is 10.6. The van der Waals surface area contributed by atoms with Crippen molar-refractivity contribution in [3.05, 3.63) is 23.8 Å². The number of aliphatic hydroxyl groups is 1. The monoisotopic (exact) mass is 507 g/mol. The van der Waals surface area contributed by atoms with E-state index in [4.69, 9.17) is 0 Å². The van der Waals surface area contributed by atoms with Gasteiger partial charge in [0.25, 0.3) is 0 Å². The fraction of sp³-hybridized carbons (Fsp3) is 0.793. The zero-order valence-corrected chi connectivity index (χ0v) is 22.6. The van der Waals surface area contributed by atoms with E-state index in [1.165, 1.54) is 18.2 Å². The second-order valence-corrected chi connectivity index (χ2v) is 12.5. The minimum absolute atomic E-state index is 0.0209. The molecule has 202 valence electrons. The van der Waals surface area contributed by atoms with Crippen LogP contribution in [-0.2, 0) is 9.59 Å². The summed E-state index contributed by atoms with van der Waals surface area (Å²) in [7, 11) is 0. The zero-order chi connectivity index (χ0) is 26.8. The molecule has 7 heteroatoms. The summed E-state index contributed by atoms with van der Waals surface area (Å²) in [5.41, 5.74) is -5.41. The van der Waals surface area contributed by atoms with E-state index in [0.717, 1.165) is 13.0 Å². The lowest BCUT2D eigenvalue weighted by Crippen LogP contribution is -2.69. The van der Waals surface area contributed by atoms with Crippen molar-refractivity contribution in [3.63, 3.8) is 0 Å². The van der Waals surface area contributed by atoms with Gasteiger partial charge in [-0.1, -0.05) is 40.7 Å². The number of halogens is 2. The number of fused-ring (bicyclic) bond motifs is 7. The minimum Gasteiger partial charge on any atom is -0.481 e. The molecule has 0 aromatic rings. The standard InChI is InChI=1S/C27H37F2NO4.C2H6/c1-15(2)6-8-30-13-16-9-18-19-11-21(28)20-10-17(31)5-7-24(20,3)27(19,29)22(32)12-25(18,4)26(16,14-30)23(33)34;1-2/h5,7,10,15-16,18-19,21-22,32H,6,8-9,11-14H2,1-4H3,(H,33,34);1-2H3/t16-,18-,19-,21-,22-,24-,25-,26+,27-;/m0./s1. The molecule has 2 N–H and O–H groups in total. The first-order valence-electron chi connectivity index (χ1n) is 13.7. The predicted molar refractivity (Wildman–Crippen MR) is 135 cm³/mol. The molecule has 1 heterocycles. The summed E-state index contributed by atoms with van der Waals surface area (Å²) in [6.07, 6.45) is 2.35. The third-order valence-electron chi connectivity index (χ3n) is 10.6. The van der Waals surface area contributed by atoms with E-state index in [9.17, 15) is 19.8 Å². The van der Waals surface area contributed by atoms with Crippen LogP contribution >= 0.6 is 0 Å². The highest BCUT2D eigenvalue weighted by Gasteiger charge is 2.78. The van der Waals surface area contributed by atoms with Crippen LogP contribution in [0, 0.1) is 39.9 Å². The predicted octanol–water partition coefficient (Wildman–Crippen LogP) is 4.99. The lowest BCUT2D eigenvalue weighted by atomic mass is 9.43. The van der Waals surface area contributed by atoms with E-state index in [0.29, 0.717) is 25.4 Å². The highest BCUT2D eigenvalue weighted by atomic mass is 19.1. The first-order valence-corrected chi connectivity index (χ1v) is 13.7. The molecule has 0 amide bonds. The number of hydrogen-bond acceptors (Lipinski definition) is 4. The molecule has 9 atom stereocenters. The molecule has 4 fully saturated rings. The van der Waals surface area contributed by atoms with Crippen molar-refractivity contribution in [1.29, 1.82) is 0 Å². The fourth-order valence-corrected chi connectivity index (χ4v) is 8.84. The number of rotatable bonds is 4. The quantitative estimate of drug-likeness (QED) is 0.561. The minimum atomic E-state index is -2.15. The van der Waals surface area contributed by atoms with Crippen LogP contribution in [0.3, 0.4) is 0 Å². The number of allylic oxidation sites excluding steroid dienone is 4. The van der Waals surface area contributed by atoms with Gasteiger partial charge >= 0.3 is 5.97 Å². The Morgan fingerprint density at radius 1 is 1.22 bits per heavy atom. The summed E-state index contributed by atoms with van der Waals surface area (Å²) in [4.78, 5) is 27.2. The summed E-state index contributed by atoms with van der Waals surface area (Å²) in [5.74, 6) is -2.06. The molecule has 0 aromatic heterocycles. The number of hydrogen-bond donors (Lipinski definition) is 2. The summed E-state index contributed by atoms with van der Waals surface area (Å²) in [6, 6.07) is 0. The van der Waals surface area contributed by atoms with Gasteiger partial charge in [0.05, 0.1) is 11.5 Å². The summed E-state index contributed by atoms with van der Waals surface area (Å²) < 4.78 is 32.8. The molecule has 1 saturated heterocycles. The normalized spacial score (nSPS) is 47.3. The second kappa shape index (κ2) is 9.00. The maximum Gasteiger partial charge on any atom is 0.311 e. The van der Waals surface area contributed by atoms with E-state index in [1.807, 2.05) is 20.8 Å². The van der Waals surface area contributed by atoms with Gasteiger partial charge in [0.1, 0.15) is 6.17 Å². The number of nitrogens with zero attached hydrogens (tertiary/aromatic N) is 1. The van der Waals surface area contributed by atoms with Crippen LogP contribution in [0.5, 0.6) is 0 Å². The first-order chi connectivity index (χ1) is 16.8. The molecule has 1 aliphatic heterocycles. The van der Waals surface area contributed by atoms with Crippen molar-refractivity contribution in [3.8, 4) is 0 Å². The van der Waals surface area contributed by atoms with Crippen LogP contribution in [0.15, 0.2) is 23.8 Å². The molecular formula is C29H43F2NO4. The fourth-order valence-electron chi connectivity index (χ4n) is 8.84. The Labute approximate surface area is 214 Å². The van der Waals surface area contributed by atoms with E-state index in [-0.39, 0.29) is 36.0 Å². The molecule has 0 bridgehead atoms. The molecule has 5 aliphatic rings. The Morgan fingerprint density at radius 3 is 2.50 bits per heavy atom. The molecule has 5 nitrogen and oxygen atoms in total. The first kappa shape index (κ1) is 27.4. The zero-order valence-electron chi connectivity index (χ0n) is 22.6. The molecule has 4 aliphatic carbocycles. The number of carbonyl (C=O) groups is 2. The maximum absolute atomic E-state index is 17.3. The Bertz CT molecular complexity index is 980. The van der Waals surface area contributed by atoms with Crippen LogP contribution in [0.2, 0.25) is 0 Å². The molecular weight excluding hydrogens is 464 g/mol. The van der Waals surface area contributed by atoms with Crippen LogP contribution in [-0.4, -0.2) is 64.4 Å². The van der Waals surface area contributed by atoms with Crippen molar-refractivity contribution in [2.45, 2.75) is 85.2 Å². The van der Waals surface area contributed by atoms with E-state index >= 15 is 8.78 Å². The van der Waals surface area contributed by atoms with Crippen LogP contribution < -0.4 is 0 Å². The summed E-state index contributed by atoms with van der Waals surface area (Å²) in [5, 5.41) is 22.0. The number of alkyl halides is 2. The lowest BCUT2D eigenvalue weighted by molar-refractivity contribution is -0.215. The molecule has 5 rings (SSSR count). The summed E-state index contributed by atoms with van der Waals surface area (Å²) in [6.45, 7) is 13.6. The van der Waals surface area contributed by atoms with Gasteiger partial charge in [0.15, 0.2) is 11.5 Å². The molecule has 0 spiro atoms. The number of carbonyl (C=O) groups excluding carboxylic acids is 1. The van der Waals surface area contributed by atoms with Gasteiger partial charge in [-0.3, -0.25) is 9.59 Å². The highest BCUT2D eigenvalue weighted by molar-refractivity contribution is 6.01. The number of aliphatic hydroxyl groups excluding tert-OH is 1. The third kappa shape index (κ3) is 3.37. The molecule has 0 aromatic carbocycles. The number of carboxylic acids is 1. The molecule has 36 heavy (non-hydrogen) atoms. The van der Waals surface area contributed by atoms with Crippen LogP contribution in [0.1, 0.15) is 67.2 Å². The average Bonchev–Trinajstić information content (AvgIpc) is 3.30. The van der Waals surface area contributed by atoms with Crippen molar-refractivity contribution in [2.24, 2.45) is 39.9 Å². The Balaban J connectivity index is 0.00000148. The van der Waals surface area contributed by atoms with Gasteiger partial charge < -0.3 is 15.1 Å². The molecule has 3 saturated carbocycles. The Hall–Kier alpha value is -1.60. The Morgan fingerprint density at radius 2 is 1.89 bits per heavy atom. The largest absolute Gasteiger partial charge is 0.481 e. The highest BCUT2D eigenvalue weighted by Crippen LogP contribution is 2.74. The second-order valence-electron chi connectivity index (χ2n) is 12.5. The molecule has 0 unspecified atom stereocenters. The van der Waals surface area contributed by atoms with Gasteiger partial charge in [-0.25, -0.2) is 8.78 Å². The van der Waals surface area contributed by atoms with Crippen molar-refractivity contribution < 1.29 is 28.6 Å². The smallest absolute Gasteiger partial charge is 0.311 e. The number of carboxylic acid groups (broad SMARTS) is 1. The van der Waals surface area contributed by atoms with Gasteiger partial charge in [0.2, 0.25) is 0 Å².